The van der Waals surface area contributed by atoms with E-state index in [2.05, 4.69) is 9.88 Å². The van der Waals surface area contributed by atoms with Gasteiger partial charge in [0.2, 0.25) is 0 Å². The summed E-state index contributed by atoms with van der Waals surface area (Å²) >= 11 is 1.45. The summed E-state index contributed by atoms with van der Waals surface area (Å²) < 4.78 is 0. The fourth-order valence-electron chi connectivity index (χ4n) is 2.90. The Kier molecular flexibility index (Phi) is 2.35. The van der Waals surface area contributed by atoms with Gasteiger partial charge in [-0.25, -0.2) is 9.78 Å². The van der Waals surface area contributed by atoms with Gasteiger partial charge in [-0.2, -0.15) is 0 Å². The van der Waals surface area contributed by atoms with Gasteiger partial charge < -0.3 is 10.0 Å². The lowest BCUT2D eigenvalue weighted by molar-refractivity contribution is 0.0691. The highest BCUT2D eigenvalue weighted by atomic mass is 32.1. The molecule has 1 aliphatic heterocycles. The third kappa shape index (κ3) is 1.59. The van der Waals surface area contributed by atoms with Gasteiger partial charge in [-0.15, -0.1) is 11.3 Å². The van der Waals surface area contributed by atoms with Gasteiger partial charge in [0.15, 0.2) is 10.8 Å². The van der Waals surface area contributed by atoms with Crippen LogP contribution in [0.1, 0.15) is 29.8 Å². The Bertz CT molecular complexity index is 406. The number of aromatic carboxylic acids is 1. The Morgan fingerprint density at radius 1 is 1.44 bits per heavy atom. The van der Waals surface area contributed by atoms with Crippen LogP contribution < -0.4 is 4.90 Å². The van der Waals surface area contributed by atoms with Gasteiger partial charge in [-0.3, -0.25) is 0 Å². The summed E-state index contributed by atoms with van der Waals surface area (Å²) in [6.07, 6.45) is 4.03. The molecule has 2 atom stereocenters. The van der Waals surface area contributed by atoms with E-state index >= 15 is 0 Å². The Balaban J connectivity index is 1.76. The molecule has 1 aromatic rings. The Morgan fingerprint density at radius 2 is 2.12 bits per heavy atom. The maximum absolute atomic E-state index is 10.8. The van der Waals surface area contributed by atoms with Gasteiger partial charge in [-0.05, 0) is 24.7 Å². The molecule has 2 heterocycles. The zero-order valence-corrected chi connectivity index (χ0v) is 9.74. The molecule has 86 valence electrons. The van der Waals surface area contributed by atoms with Crippen molar-refractivity contribution in [3.05, 3.63) is 11.1 Å². The quantitative estimate of drug-likeness (QED) is 0.857. The molecular formula is C11H14N2O2S. The van der Waals surface area contributed by atoms with Crippen LogP contribution in [0.15, 0.2) is 5.38 Å². The minimum absolute atomic E-state index is 0.178. The Morgan fingerprint density at radius 3 is 2.69 bits per heavy atom. The van der Waals surface area contributed by atoms with E-state index in [9.17, 15) is 4.79 Å². The zero-order chi connectivity index (χ0) is 11.1. The molecular weight excluding hydrogens is 224 g/mol. The second-order valence-corrected chi connectivity index (χ2v) is 5.51. The average molecular weight is 238 g/mol. The largest absolute Gasteiger partial charge is 0.476 e. The van der Waals surface area contributed by atoms with Gasteiger partial charge in [0.25, 0.3) is 0 Å². The first kappa shape index (κ1) is 10.1. The number of hydrogen-bond acceptors (Lipinski definition) is 4. The first-order valence-corrected chi connectivity index (χ1v) is 6.56. The molecule has 5 heteroatoms. The van der Waals surface area contributed by atoms with Crippen LogP contribution in [0, 0.1) is 11.8 Å². The Hall–Kier alpha value is -1.10. The fraction of sp³-hybridized carbons (Fsp3) is 0.636. The topological polar surface area (TPSA) is 53.4 Å². The molecule has 4 nitrogen and oxygen atoms in total. The smallest absolute Gasteiger partial charge is 0.355 e. The summed E-state index contributed by atoms with van der Waals surface area (Å²) in [5.41, 5.74) is 0.178. The molecule has 1 aromatic heterocycles. The monoisotopic (exact) mass is 238 g/mol. The van der Waals surface area contributed by atoms with Gasteiger partial charge in [0.05, 0.1) is 0 Å². The number of carboxylic acid groups (broad SMARTS) is 1. The van der Waals surface area contributed by atoms with E-state index in [0.717, 1.165) is 30.1 Å². The third-order valence-electron chi connectivity index (χ3n) is 3.71. The summed E-state index contributed by atoms with van der Waals surface area (Å²) in [7, 11) is 0. The fourth-order valence-corrected chi connectivity index (χ4v) is 3.72. The van der Waals surface area contributed by atoms with E-state index in [-0.39, 0.29) is 5.69 Å². The van der Waals surface area contributed by atoms with Crippen molar-refractivity contribution in [2.24, 2.45) is 11.8 Å². The van der Waals surface area contributed by atoms with Crippen LogP contribution in [0.2, 0.25) is 0 Å². The van der Waals surface area contributed by atoms with Crippen LogP contribution in [0.4, 0.5) is 5.13 Å². The second kappa shape index (κ2) is 3.73. The standard InChI is InChI=1S/C11H14N2O2S/c14-10(15)9-6-16-11(12-9)13-4-7-2-1-3-8(7)5-13/h6-8H,1-5H2,(H,14,15)/t7-,8?/m1/s1. The molecule has 1 unspecified atom stereocenters. The summed E-state index contributed by atoms with van der Waals surface area (Å²) in [6.45, 7) is 2.13. The van der Waals surface area contributed by atoms with E-state index in [1.165, 1.54) is 30.6 Å². The maximum Gasteiger partial charge on any atom is 0.355 e. The molecule has 0 aromatic carbocycles. The highest BCUT2D eigenvalue weighted by Crippen LogP contribution is 2.40. The predicted octanol–water partition coefficient (Wildman–Crippen LogP) is 2.08. The molecule has 0 spiro atoms. The van der Waals surface area contributed by atoms with Gasteiger partial charge in [0, 0.05) is 18.5 Å². The van der Waals surface area contributed by atoms with E-state index in [1.54, 1.807) is 5.38 Å². The predicted molar refractivity (Wildman–Crippen MR) is 62.1 cm³/mol. The minimum Gasteiger partial charge on any atom is -0.476 e. The average Bonchev–Trinajstić information content (AvgIpc) is 2.91. The summed E-state index contributed by atoms with van der Waals surface area (Å²) in [4.78, 5) is 17.2. The SMILES string of the molecule is O=C(O)c1csc(N2CC3CCC[C@@H]3C2)n1. The minimum atomic E-state index is -0.929. The summed E-state index contributed by atoms with van der Waals surface area (Å²) in [5, 5.41) is 11.3. The lowest BCUT2D eigenvalue weighted by atomic mass is 10.0. The van der Waals surface area contributed by atoms with E-state index in [0.29, 0.717) is 0 Å². The molecule has 1 saturated carbocycles. The van der Waals surface area contributed by atoms with E-state index in [1.807, 2.05) is 0 Å². The van der Waals surface area contributed by atoms with Crippen LogP contribution in [0.5, 0.6) is 0 Å². The van der Waals surface area contributed by atoms with Crippen LogP contribution in [-0.4, -0.2) is 29.1 Å². The van der Waals surface area contributed by atoms with E-state index in [4.69, 9.17) is 5.11 Å². The first-order chi connectivity index (χ1) is 7.74. The summed E-state index contributed by atoms with van der Waals surface area (Å²) in [6, 6.07) is 0. The molecule has 16 heavy (non-hydrogen) atoms. The Labute approximate surface area is 97.9 Å². The van der Waals surface area contributed by atoms with E-state index < -0.39 is 5.97 Å². The van der Waals surface area contributed by atoms with Crippen LogP contribution in [-0.2, 0) is 0 Å². The number of hydrogen-bond donors (Lipinski definition) is 1. The molecule has 3 rings (SSSR count). The molecule has 0 amide bonds. The third-order valence-corrected chi connectivity index (χ3v) is 4.61. The highest BCUT2D eigenvalue weighted by molar-refractivity contribution is 7.13. The van der Waals surface area contributed by atoms with Crippen molar-refractivity contribution in [1.82, 2.24) is 4.98 Å². The van der Waals surface area contributed by atoms with Crippen molar-refractivity contribution in [3.63, 3.8) is 0 Å². The number of nitrogens with zero attached hydrogens (tertiary/aromatic N) is 2. The van der Waals surface area contributed by atoms with Crippen molar-refractivity contribution >= 4 is 22.4 Å². The summed E-state index contributed by atoms with van der Waals surface area (Å²) in [5.74, 6) is 0.705. The molecule has 2 fully saturated rings. The van der Waals surface area contributed by atoms with Crippen molar-refractivity contribution in [3.8, 4) is 0 Å². The molecule has 2 aliphatic rings. The molecule has 1 aliphatic carbocycles. The first-order valence-electron chi connectivity index (χ1n) is 5.68. The lowest BCUT2D eigenvalue weighted by Gasteiger charge is -2.15. The number of thiazole rings is 1. The van der Waals surface area contributed by atoms with Gasteiger partial charge >= 0.3 is 5.97 Å². The number of aromatic nitrogens is 1. The second-order valence-electron chi connectivity index (χ2n) is 4.68. The van der Waals surface area contributed by atoms with Gasteiger partial charge in [0.1, 0.15) is 0 Å². The van der Waals surface area contributed by atoms with Crippen molar-refractivity contribution in [2.75, 3.05) is 18.0 Å². The van der Waals surface area contributed by atoms with Crippen molar-refractivity contribution < 1.29 is 9.90 Å². The molecule has 1 saturated heterocycles. The lowest BCUT2D eigenvalue weighted by Crippen LogP contribution is -2.20. The van der Waals surface area contributed by atoms with Crippen LogP contribution >= 0.6 is 11.3 Å². The number of anilines is 1. The highest BCUT2D eigenvalue weighted by Gasteiger charge is 2.37. The van der Waals surface area contributed by atoms with Crippen LogP contribution in [0.25, 0.3) is 0 Å². The van der Waals surface area contributed by atoms with Crippen molar-refractivity contribution in [2.45, 2.75) is 19.3 Å². The zero-order valence-electron chi connectivity index (χ0n) is 8.93. The molecule has 0 radical (unpaired) electrons. The molecule has 0 bridgehead atoms. The normalized spacial score (nSPS) is 28.4. The molecule has 1 N–H and O–H groups in total. The number of carbonyl (C=O) groups is 1. The van der Waals surface area contributed by atoms with Gasteiger partial charge in [-0.1, -0.05) is 6.42 Å². The van der Waals surface area contributed by atoms with Crippen LogP contribution in [0.3, 0.4) is 0 Å². The van der Waals surface area contributed by atoms with Crippen molar-refractivity contribution in [1.29, 1.82) is 0 Å². The number of fused-ring (bicyclic) bond motifs is 1. The number of rotatable bonds is 2. The maximum atomic E-state index is 10.8. The number of carboxylic acids is 1.